The molecule has 2 aromatic carbocycles. The third-order valence-corrected chi connectivity index (χ3v) is 4.84. The summed E-state index contributed by atoms with van der Waals surface area (Å²) >= 11 is 0. The Hall–Kier alpha value is -1.58. The van der Waals surface area contributed by atoms with Crippen LogP contribution in [0.2, 0.25) is 0 Å². The first-order chi connectivity index (χ1) is 10.9. The number of benzene rings is 2. The minimum absolute atomic E-state index is 0. The van der Waals surface area contributed by atoms with E-state index in [-0.39, 0.29) is 12.4 Å². The molecule has 0 N–H and O–H groups in total. The van der Waals surface area contributed by atoms with Crippen molar-refractivity contribution in [3.63, 3.8) is 0 Å². The summed E-state index contributed by atoms with van der Waals surface area (Å²) in [5, 5.41) is 7.10. The van der Waals surface area contributed by atoms with E-state index in [1.54, 1.807) is 0 Å². The van der Waals surface area contributed by atoms with Gasteiger partial charge in [0.25, 0.3) is 0 Å². The zero-order valence-electron chi connectivity index (χ0n) is 13.3. The van der Waals surface area contributed by atoms with Crippen molar-refractivity contribution in [3.05, 3.63) is 47.5 Å². The van der Waals surface area contributed by atoms with E-state index < -0.39 is 0 Å². The maximum Gasteiger partial charge on any atom is 0.129 e. The largest absolute Gasteiger partial charge is 0.394 e. The minimum atomic E-state index is 0. The van der Waals surface area contributed by atoms with Gasteiger partial charge in [-0.05, 0) is 55.1 Å². The van der Waals surface area contributed by atoms with Crippen molar-refractivity contribution in [1.82, 2.24) is 4.90 Å². The fourth-order valence-corrected chi connectivity index (χ4v) is 3.65. The standard InChI is InChI=1S/C19H22N2O.ClH/c1-2-6-16-15(5-1)7-8-18-17(16)9-10-19(18)20-22-14-13-21-11-3-4-12-21;/h1-2,5-8H,3-4,9-14H2;1H/b20-19-;. The number of hydrogen-bond acceptors (Lipinski definition) is 3. The fraction of sp³-hybridized carbons (Fsp3) is 0.421. The van der Waals surface area contributed by atoms with Gasteiger partial charge in [-0.25, -0.2) is 0 Å². The molecule has 1 aliphatic carbocycles. The first-order valence-electron chi connectivity index (χ1n) is 8.34. The summed E-state index contributed by atoms with van der Waals surface area (Å²) in [6.45, 7) is 4.14. The van der Waals surface area contributed by atoms with Gasteiger partial charge in [-0.1, -0.05) is 41.6 Å². The molecule has 0 spiro atoms. The van der Waals surface area contributed by atoms with Crippen molar-refractivity contribution in [1.29, 1.82) is 0 Å². The zero-order chi connectivity index (χ0) is 14.8. The van der Waals surface area contributed by atoms with Gasteiger partial charge in [-0.3, -0.25) is 4.90 Å². The van der Waals surface area contributed by atoms with Gasteiger partial charge in [0.05, 0.1) is 5.71 Å². The topological polar surface area (TPSA) is 24.8 Å². The quantitative estimate of drug-likeness (QED) is 0.624. The second-order valence-electron chi connectivity index (χ2n) is 6.23. The summed E-state index contributed by atoms with van der Waals surface area (Å²) < 4.78 is 0. The summed E-state index contributed by atoms with van der Waals surface area (Å²) in [6, 6.07) is 13.0. The molecule has 0 radical (unpaired) electrons. The van der Waals surface area contributed by atoms with Crippen molar-refractivity contribution in [2.75, 3.05) is 26.2 Å². The lowest BCUT2D eigenvalue weighted by atomic mass is 10.0. The number of oxime groups is 1. The summed E-state index contributed by atoms with van der Waals surface area (Å²) in [7, 11) is 0. The number of rotatable bonds is 4. The van der Waals surface area contributed by atoms with Crippen LogP contribution >= 0.6 is 12.4 Å². The molecule has 3 nitrogen and oxygen atoms in total. The molecule has 2 aliphatic rings. The third-order valence-electron chi connectivity index (χ3n) is 4.84. The average Bonchev–Trinajstić information content (AvgIpc) is 3.21. The molecular formula is C19H23ClN2O. The zero-order valence-corrected chi connectivity index (χ0v) is 14.1. The van der Waals surface area contributed by atoms with Gasteiger partial charge in [0.15, 0.2) is 0 Å². The molecule has 4 heteroatoms. The van der Waals surface area contributed by atoms with Crippen molar-refractivity contribution >= 4 is 28.9 Å². The second kappa shape index (κ2) is 7.33. The Balaban J connectivity index is 0.00000156. The van der Waals surface area contributed by atoms with E-state index in [1.165, 1.54) is 47.8 Å². The van der Waals surface area contributed by atoms with Crippen LogP contribution in [0.25, 0.3) is 10.8 Å². The molecule has 0 atom stereocenters. The molecule has 1 fully saturated rings. The van der Waals surface area contributed by atoms with E-state index >= 15 is 0 Å². The lowest BCUT2D eigenvalue weighted by molar-refractivity contribution is 0.118. The number of likely N-dealkylation sites (tertiary alicyclic amines) is 1. The highest BCUT2D eigenvalue weighted by molar-refractivity contribution is 6.08. The Labute approximate surface area is 143 Å². The Morgan fingerprint density at radius 1 is 1.00 bits per heavy atom. The fourth-order valence-electron chi connectivity index (χ4n) is 3.65. The smallest absolute Gasteiger partial charge is 0.129 e. The van der Waals surface area contributed by atoms with Crippen LogP contribution in [0.4, 0.5) is 0 Å². The van der Waals surface area contributed by atoms with Crippen LogP contribution in [-0.2, 0) is 11.3 Å². The lowest BCUT2D eigenvalue weighted by Crippen LogP contribution is -2.23. The Kier molecular flexibility index (Phi) is 5.19. The van der Waals surface area contributed by atoms with E-state index in [0.29, 0.717) is 6.61 Å². The molecule has 1 saturated heterocycles. The van der Waals surface area contributed by atoms with Crippen LogP contribution in [-0.4, -0.2) is 36.9 Å². The monoisotopic (exact) mass is 330 g/mol. The lowest BCUT2D eigenvalue weighted by Gasteiger charge is -2.12. The van der Waals surface area contributed by atoms with Crippen LogP contribution in [0.5, 0.6) is 0 Å². The summed E-state index contributed by atoms with van der Waals surface area (Å²) in [6.07, 6.45) is 4.72. The molecular weight excluding hydrogens is 308 g/mol. The maximum absolute atomic E-state index is 5.59. The van der Waals surface area contributed by atoms with Gasteiger partial charge in [0.1, 0.15) is 6.61 Å². The van der Waals surface area contributed by atoms with E-state index in [2.05, 4.69) is 46.5 Å². The average molecular weight is 331 g/mol. The SMILES string of the molecule is Cl.c1ccc2c3c(ccc2c1)/C(=N\OCCN1CCCC1)CC3. The van der Waals surface area contributed by atoms with E-state index in [1.807, 2.05) is 0 Å². The first-order valence-corrected chi connectivity index (χ1v) is 8.34. The minimum Gasteiger partial charge on any atom is -0.394 e. The molecule has 0 amide bonds. The first kappa shape index (κ1) is 16.3. The van der Waals surface area contributed by atoms with E-state index in [4.69, 9.17) is 4.84 Å². The van der Waals surface area contributed by atoms with Gasteiger partial charge in [0, 0.05) is 12.1 Å². The molecule has 1 heterocycles. The highest BCUT2D eigenvalue weighted by Crippen LogP contribution is 2.30. The number of nitrogens with zero attached hydrogens (tertiary/aromatic N) is 2. The van der Waals surface area contributed by atoms with E-state index in [0.717, 1.165) is 25.1 Å². The summed E-state index contributed by atoms with van der Waals surface area (Å²) in [5.41, 5.74) is 3.82. The van der Waals surface area contributed by atoms with Crippen LogP contribution < -0.4 is 0 Å². The van der Waals surface area contributed by atoms with Crippen LogP contribution in [0.3, 0.4) is 0 Å². The third kappa shape index (κ3) is 3.36. The Morgan fingerprint density at radius 3 is 2.70 bits per heavy atom. The normalized spacial score (nSPS) is 19.0. The van der Waals surface area contributed by atoms with Gasteiger partial charge < -0.3 is 4.84 Å². The molecule has 4 rings (SSSR count). The number of aryl methyl sites for hydroxylation is 1. The number of hydrogen-bond donors (Lipinski definition) is 0. The predicted molar refractivity (Wildman–Crippen MR) is 97.7 cm³/mol. The predicted octanol–water partition coefficient (Wildman–Crippen LogP) is 4.02. The van der Waals surface area contributed by atoms with Gasteiger partial charge in [-0.2, -0.15) is 0 Å². The van der Waals surface area contributed by atoms with Crippen molar-refractivity contribution in [2.45, 2.75) is 25.7 Å². The van der Waals surface area contributed by atoms with Gasteiger partial charge in [0.2, 0.25) is 0 Å². The molecule has 0 bridgehead atoms. The number of halogens is 1. The second-order valence-corrected chi connectivity index (χ2v) is 6.23. The molecule has 23 heavy (non-hydrogen) atoms. The molecule has 0 saturated carbocycles. The van der Waals surface area contributed by atoms with Crippen LogP contribution in [0.1, 0.15) is 30.4 Å². The highest BCUT2D eigenvalue weighted by Gasteiger charge is 2.20. The molecule has 0 aromatic heterocycles. The summed E-state index contributed by atoms with van der Waals surface area (Å²) in [4.78, 5) is 8.05. The van der Waals surface area contributed by atoms with Crippen LogP contribution in [0, 0.1) is 0 Å². The maximum atomic E-state index is 5.59. The Bertz CT molecular complexity index is 708. The number of fused-ring (bicyclic) bond motifs is 3. The van der Waals surface area contributed by atoms with Gasteiger partial charge in [-0.15, -0.1) is 12.4 Å². The van der Waals surface area contributed by atoms with Crippen molar-refractivity contribution in [3.8, 4) is 0 Å². The summed E-state index contributed by atoms with van der Waals surface area (Å²) in [5.74, 6) is 0. The molecule has 122 valence electrons. The highest BCUT2D eigenvalue weighted by atomic mass is 35.5. The Morgan fingerprint density at radius 2 is 1.83 bits per heavy atom. The molecule has 1 aliphatic heterocycles. The van der Waals surface area contributed by atoms with Crippen molar-refractivity contribution in [2.24, 2.45) is 5.16 Å². The molecule has 2 aromatic rings. The van der Waals surface area contributed by atoms with E-state index in [9.17, 15) is 0 Å². The van der Waals surface area contributed by atoms with Crippen molar-refractivity contribution < 1.29 is 4.84 Å². The van der Waals surface area contributed by atoms with Crippen LogP contribution in [0.15, 0.2) is 41.6 Å². The molecule has 0 unspecified atom stereocenters. The van der Waals surface area contributed by atoms with Gasteiger partial charge >= 0.3 is 0 Å².